The van der Waals surface area contributed by atoms with E-state index in [2.05, 4.69) is 0 Å². The van der Waals surface area contributed by atoms with Crippen LogP contribution in [-0.2, 0) is 16.3 Å². The van der Waals surface area contributed by atoms with Crippen molar-refractivity contribution < 1.29 is 26.7 Å². The Hall–Kier alpha value is -2.48. The molecular weight excluding hydrogens is 424 g/mol. The summed E-state index contributed by atoms with van der Waals surface area (Å²) in [6, 6.07) is 8.17. The molecule has 8 heteroatoms. The third-order valence-electron chi connectivity index (χ3n) is 6.27. The molecule has 166 valence electrons. The summed E-state index contributed by atoms with van der Waals surface area (Å²) in [5.74, 6) is -1.35. The van der Waals surface area contributed by atoms with Crippen LogP contribution in [0.1, 0.15) is 49.0 Å². The SMILES string of the molecule is CC(C)S(=O)(=O)c1ccc(C(=O)N2CCC3(CCc4cc(F)cc(F)c4O3)CC2)cc1. The molecule has 5 nitrogen and oxygen atoms in total. The molecule has 4 rings (SSSR count). The Balaban J connectivity index is 1.44. The lowest BCUT2D eigenvalue weighted by Crippen LogP contribution is -2.51. The Bertz CT molecular complexity index is 1110. The van der Waals surface area contributed by atoms with Crippen LogP contribution in [0.5, 0.6) is 5.75 Å². The fourth-order valence-corrected chi connectivity index (χ4v) is 5.31. The van der Waals surface area contributed by atoms with Crippen LogP contribution in [0.3, 0.4) is 0 Å². The molecule has 2 aliphatic rings. The highest BCUT2D eigenvalue weighted by atomic mass is 32.2. The van der Waals surface area contributed by atoms with Crippen molar-refractivity contribution in [3.8, 4) is 5.75 Å². The van der Waals surface area contributed by atoms with E-state index in [1.54, 1.807) is 30.9 Å². The minimum absolute atomic E-state index is 0.120. The van der Waals surface area contributed by atoms with Gasteiger partial charge in [-0.3, -0.25) is 4.79 Å². The zero-order chi connectivity index (χ0) is 22.4. The molecule has 0 N–H and O–H groups in total. The number of sulfone groups is 1. The van der Waals surface area contributed by atoms with Gasteiger partial charge < -0.3 is 9.64 Å². The second-order valence-electron chi connectivity index (χ2n) is 8.57. The number of nitrogens with zero attached hydrogens (tertiary/aromatic N) is 1. The Morgan fingerprint density at radius 2 is 1.71 bits per heavy atom. The molecule has 31 heavy (non-hydrogen) atoms. The highest BCUT2D eigenvalue weighted by molar-refractivity contribution is 7.92. The molecule has 1 spiro atoms. The van der Waals surface area contributed by atoms with Crippen LogP contribution >= 0.6 is 0 Å². The summed E-state index contributed by atoms with van der Waals surface area (Å²) in [5, 5.41) is -0.533. The van der Waals surface area contributed by atoms with Crippen LogP contribution in [0.15, 0.2) is 41.3 Å². The van der Waals surface area contributed by atoms with Crippen molar-refractivity contribution in [1.29, 1.82) is 0 Å². The van der Waals surface area contributed by atoms with Gasteiger partial charge >= 0.3 is 0 Å². The van der Waals surface area contributed by atoms with Crippen LogP contribution in [0.2, 0.25) is 0 Å². The molecule has 1 amide bonds. The van der Waals surface area contributed by atoms with Crippen molar-refractivity contribution >= 4 is 15.7 Å². The van der Waals surface area contributed by atoms with E-state index in [1.807, 2.05) is 0 Å². The van der Waals surface area contributed by atoms with Crippen LogP contribution in [0, 0.1) is 11.6 Å². The summed E-state index contributed by atoms with van der Waals surface area (Å²) < 4.78 is 58.2. The number of carbonyl (C=O) groups excluding carboxylic acids is 1. The molecule has 1 saturated heterocycles. The van der Waals surface area contributed by atoms with Crippen molar-refractivity contribution in [2.45, 2.75) is 55.3 Å². The number of fused-ring (bicyclic) bond motifs is 1. The maximum Gasteiger partial charge on any atom is 0.253 e. The molecule has 0 aromatic heterocycles. The molecule has 2 aromatic rings. The monoisotopic (exact) mass is 449 g/mol. The fraction of sp³-hybridized carbons (Fsp3) is 0.435. The molecular formula is C23H25F2NO4S. The first-order valence-electron chi connectivity index (χ1n) is 10.4. The summed E-state index contributed by atoms with van der Waals surface area (Å²) in [6.07, 6.45) is 2.28. The summed E-state index contributed by atoms with van der Waals surface area (Å²) in [6.45, 7) is 4.13. The third kappa shape index (κ3) is 4.05. The summed E-state index contributed by atoms with van der Waals surface area (Å²) in [5.41, 5.74) is 0.408. The number of aryl methyl sites for hydroxylation is 1. The molecule has 0 saturated carbocycles. The maximum atomic E-state index is 14.2. The number of benzene rings is 2. The van der Waals surface area contributed by atoms with Crippen LogP contribution < -0.4 is 4.74 Å². The van der Waals surface area contributed by atoms with E-state index in [1.165, 1.54) is 18.2 Å². The van der Waals surface area contributed by atoms with Gasteiger partial charge in [-0.05, 0) is 57.0 Å². The molecule has 2 aliphatic heterocycles. The van der Waals surface area contributed by atoms with Gasteiger partial charge in [-0.2, -0.15) is 0 Å². The average Bonchev–Trinajstić information content (AvgIpc) is 2.74. The lowest BCUT2D eigenvalue weighted by molar-refractivity contribution is -0.0136. The van der Waals surface area contributed by atoms with Gasteiger partial charge in [-0.15, -0.1) is 0 Å². The second-order valence-corrected chi connectivity index (χ2v) is 11.1. The number of amides is 1. The van der Waals surface area contributed by atoms with Crippen LogP contribution in [0.4, 0.5) is 8.78 Å². The zero-order valence-corrected chi connectivity index (χ0v) is 18.3. The number of piperidine rings is 1. The quantitative estimate of drug-likeness (QED) is 0.706. The van der Waals surface area contributed by atoms with Crippen molar-refractivity contribution in [2.75, 3.05) is 13.1 Å². The predicted octanol–water partition coefficient (Wildman–Crippen LogP) is 4.15. The van der Waals surface area contributed by atoms with Crippen molar-refractivity contribution in [1.82, 2.24) is 4.90 Å². The molecule has 0 radical (unpaired) electrons. The number of halogens is 2. The highest BCUT2D eigenvalue weighted by Crippen LogP contribution is 2.41. The van der Waals surface area contributed by atoms with Gasteiger partial charge in [0, 0.05) is 43.1 Å². The molecule has 1 fully saturated rings. The number of ether oxygens (including phenoxy) is 1. The van der Waals surface area contributed by atoms with Gasteiger partial charge in [0.1, 0.15) is 11.4 Å². The van der Waals surface area contributed by atoms with E-state index in [-0.39, 0.29) is 16.6 Å². The Labute approximate surface area is 180 Å². The van der Waals surface area contributed by atoms with Gasteiger partial charge in [0.15, 0.2) is 21.4 Å². The highest BCUT2D eigenvalue weighted by Gasteiger charge is 2.41. The zero-order valence-electron chi connectivity index (χ0n) is 17.5. The smallest absolute Gasteiger partial charge is 0.253 e. The molecule has 2 aromatic carbocycles. The van der Waals surface area contributed by atoms with Crippen LogP contribution in [0.25, 0.3) is 0 Å². The topological polar surface area (TPSA) is 63.7 Å². The van der Waals surface area contributed by atoms with Gasteiger partial charge in [0.25, 0.3) is 5.91 Å². The van der Waals surface area contributed by atoms with E-state index in [0.29, 0.717) is 49.9 Å². The first kappa shape index (κ1) is 21.7. The van der Waals surface area contributed by atoms with Gasteiger partial charge in [-0.25, -0.2) is 17.2 Å². The first-order valence-corrected chi connectivity index (χ1v) is 12.0. The van der Waals surface area contributed by atoms with Crippen LogP contribution in [-0.4, -0.2) is 43.2 Å². The molecule has 2 heterocycles. The van der Waals surface area contributed by atoms with Gasteiger partial charge in [0.2, 0.25) is 0 Å². The summed E-state index contributed by atoms with van der Waals surface area (Å²) >= 11 is 0. The van der Waals surface area contributed by atoms with E-state index in [9.17, 15) is 22.0 Å². The summed E-state index contributed by atoms with van der Waals surface area (Å²) in [4.78, 5) is 14.8. The number of hydrogen-bond acceptors (Lipinski definition) is 4. The Kier molecular flexibility index (Phi) is 5.54. The van der Waals surface area contributed by atoms with Crippen molar-refractivity contribution in [2.24, 2.45) is 0 Å². The van der Waals surface area contributed by atoms with E-state index < -0.39 is 32.3 Å². The fourth-order valence-electron chi connectivity index (χ4n) is 4.25. The number of rotatable bonds is 3. The lowest BCUT2D eigenvalue weighted by atomic mass is 9.83. The third-order valence-corrected chi connectivity index (χ3v) is 8.44. The normalized spacial score (nSPS) is 18.0. The average molecular weight is 450 g/mol. The standard InChI is InChI=1S/C23H25F2NO4S/c1-15(2)31(28,29)19-5-3-16(4-6-19)22(27)26-11-9-23(10-12-26)8-7-17-13-18(24)14-20(25)21(17)30-23/h3-6,13-15H,7-12H2,1-2H3. The maximum absolute atomic E-state index is 14.2. The lowest BCUT2D eigenvalue weighted by Gasteiger charge is -2.44. The van der Waals surface area contributed by atoms with E-state index >= 15 is 0 Å². The molecule has 0 unspecified atom stereocenters. The minimum Gasteiger partial charge on any atom is -0.484 e. The van der Waals surface area contributed by atoms with Gasteiger partial charge in [0.05, 0.1) is 10.1 Å². The van der Waals surface area contributed by atoms with Crippen molar-refractivity contribution in [3.05, 3.63) is 59.2 Å². The predicted molar refractivity (Wildman–Crippen MR) is 112 cm³/mol. The first-order chi connectivity index (χ1) is 14.6. The largest absolute Gasteiger partial charge is 0.484 e. The number of hydrogen-bond donors (Lipinski definition) is 0. The van der Waals surface area contributed by atoms with E-state index in [0.717, 1.165) is 6.07 Å². The molecule has 0 aliphatic carbocycles. The Morgan fingerprint density at radius 3 is 2.32 bits per heavy atom. The number of likely N-dealkylation sites (tertiary alicyclic amines) is 1. The van der Waals surface area contributed by atoms with Crippen molar-refractivity contribution in [3.63, 3.8) is 0 Å². The number of carbonyl (C=O) groups is 1. The Morgan fingerprint density at radius 1 is 1.06 bits per heavy atom. The molecule has 0 atom stereocenters. The van der Waals surface area contributed by atoms with Gasteiger partial charge in [-0.1, -0.05) is 0 Å². The second kappa shape index (κ2) is 7.89. The summed E-state index contributed by atoms with van der Waals surface area (Å²) in [7, 11) is -3.39. The molecule has 0 bridgehead atoms. The minimum atomic E-state index is -3.39. The van der Waals surface area contributed by atoms with E-state index in [4.69, 9.17) is 4.74 Å².